The van der Waals surface area contributed by atoms with E-state index >= 15 is 0 Å². The molecule has 0 radical (unpaired) electrons. The quantitative estimate of drug-likeness (QED) is 0.712. The van der Waals surface area contributed by atoms with Crippen molar-refractivity contribution in [1.82, 2.24) is 25.1 Å². The molecule has 2 aromatic heterocycles. The molecule has 1 fully saturated rings. The highest BCUT2D eigenvalue weighted by atomic mass is 79.9. The Morgan fingerprint density at radius 3 is 3.04 bits per heavy atom. The number of carbonyl (C=O) groups is 1. The van der Waals surface area contributed by atoms with Crippen LogP contribution in [0.2, 0.25) is 0 Å². The average Bonchev–Trinajstić information content (AvgIpc) is 3.07. The number of hydrogen-bond donors (Lipinski definition) is 1. The summed E-state index contributed by atoms with van der Waals surface area (Å²) in [5.74, 6) is 0.612. The molecule has 0 saturated carbocycles. The maximum absolute atomic E-state index is 12.4. The van der Waals surface area contributed by atoms with E-state index in [1.54, 1.807) is 24.0 Å². The van der Waals surface area contributed by atoms with Gasteiger partial charge in [0, 0.05) is 48.4 Å². The third-order valence-electron chi connectivity index (χ3n) is 4.62. The minimum atomic E-state index is -0.0962. The number of rotatable bonds is 3. The zero-order chi connectivity index (χ0) is 18.1. The number of carbonyl (C=O) groups excluding carboxylic acids is 1. The molecular formula is C18H19BrN6O. The van der Waals surface area contributed by atoms with Gasteiger partial charge in [0.15, 0.2) is 0 Å². The zero-order valence-corrected chi connectivity index (χ0v) is 16.0. The van der Waals surface area contributed by atoms with E-state index in [2.05, 4.69) is 41.2 Å². The van der Waals surface area contributed by atoms with Crippen molar-refractivity contribution >= 4 is 38.7 Å². The van der Waals surface area contributed by atoms with E-state index in [1.165, 1.54) is 0 Å². The van der Waals surface area contributed by atoms with Crippen molar-refractivity contribution in [2.45, 2.75) is 18.9 Å². The number of aromatic nitrogens is 4. The summed E-state index contributed by atoms with van der Waals surface area (Å²) >= 11 is 3.47. The van der Waals surface area contributed by atoms with Gasteiger partial charge < -0.3 is 10.2 Å². The highest BCUT2D eigenvalue weighted by Gasteiger charge is 2.24. The second kappa shape index (κ2) is 7.03. The van der Waals surface area contributed by atoms with Crippen LogP contribution in [0.3, 0.4) is 0 Å². The smallest absolute Gasteiger partial charge is 0.269 e. The standard InChI is InChI=1S/C18H19BrN6O/c1-24-16(6-7-21-24)17(26)22-14-3-2-8-25(11-14)18-20-10-12-9-13(19)4-5-15(12)23-18/h4-7,9-10,14H,2-3,8,11H2,1H3,(H,22,26). The van der Waals surface area contributed by atoms with Crippen LogP contribution in [-0.2, 0) is 7.05 Å². The van der Waals surface area contributed by atoms with E-state index < -0.39 is 0 Å². The maximum atomic E-state index is 12.4. The van der Waals surface area contributed by atoms with Crippen LogP contribution >= 0.6 is 15.9 Å². The van der Waals surface area contributed by atoms with Gasteiger partial charge in [-0.05, 0) is 37.1 Å². The van der Waals surface area contributed by atoms with Crippen molar-refractivity contribution in [3.63, 3.8) is 0 Å². The monoisotopic (exact) mass is 414 g/mol. The number of nitrogens with one attached hydrogen (secondary N) is 1. The van der Waals surface area contributed by atoms with E-state index in [-0.39, 0.29) is 11.9 Å². The molecule has 8 heteroatoms. The summed E-state index contributed by atoms with van der Waals surface area (Å²) in [6.07, 6.45) is 5.41. The minimum absolute atomic E-state index is 0.0652. The number of nitrogens with zero attached hydrogens (tertiary/aromatic N) is 5. The Hall–Kier alpha value is -2.48. The molecule has 1 unspecified atom stereocenters. The lowest BCUT2D eigenvalue weighted by atomic mass is 10.1. The zero-order valence-electron chi connectivity index (χ0n) is 14.4. The van der Waals surface area contributed by atoms with Gasteiger partial charge in [0.25, 0.3) is 5.91 Å². The molecule has 1 aliphatic rings. The van der Waals surface area contributed by atoms with Crippen molar-refractivity contribution in [2.75, 3.05) is 18.0 Å². The SMILES string of the molecule is Cn1nccc1C(=O)NC1CCCN(c2ncc3cc(Br)ccc3n2)C1. The number of piperidine rings is 1. The fourth-order valence-corrected chi connectivity index (χ4v) is 3.66. The predicted octanol–water partition coefficient (Wildman–Crippen LogP) is 2.52. The third kappa shape index (κ3) is 3.41. The molecule has 3 aromatic rings. The number of amides is 1. The average molecular weight is 415 g/mol. The van der Waals surface area contributed by atoms with Gasteiger partial charge in [0.2, 0.25) is 5.95 Å². The molecule has 1 amide bonds. The molecule has 1 aromatic carbocycles. The van der Waals surface area contributed by atoms with Gasteiger partial charge in [0.1, 0.15) is 5.69 Å². The molecule has 4 rings (SSSR count). The number of halogens is 1. The number of anilines is 1. The van der Waals surface area contributed by atoms with Crippen LogP contribution in [0.4, 0.5) is 5.95 Å². The molecule has 1 saturated heterocycles. The number of aryl methyl sites for hydroxylation is 1. The summed E-state index contributed by atoms with van der Waals surface area (Å²) in [5, 5.41) is 8.15. The van der Waals surface area contributed by atoms with Gasteiger partial charge in [-0.3, -0.25) is 9.48 Å². The first-order valence-electron chi connectivity index (χ1n) is 8.56. The lowest BCUT2D eigenvalue weighted by Crippen LogP contribution is -2.48. The Labute approximate surface area is 159 Å². The molecule has 1 N–H and O–H groups in total. The summed E-state index contributed by atoms with van der Waals surface area (Å²) in [6, 6.07) is 7.75. The van der Waals surface area contributed by atoms with Crippen LogP contribution in [0.25, 0.3) is 10.9 Å². The largest absolute Gasteiger partial charge is 0.346 e. The third-order valence-corrected chi connectivity index (χ3v) is 5.12. The fourth-order valence-electron chi connectivity index (χ4n) is 3.28. The van der Waals surface area contributed by atoms with Crippen LogP contribution in [0.5, 0.6) is 0 Å². The Kier molecular flexibility index (Phi) is 4.58. The number of benzene rings is 1. The van der Waals surface area contributed by atoms with E-state index in [0.717, 1.165) is 34.8 Å². The second-order valence-corrected chi connectivity index (χ2v) is 7.39. The van der Waals surface area contributed by atoms with Crippen LogP contribution in [0.1, 0.15) is 23.3 Å². The number of fused-ring (bicyclic) bond motifs is 1. The Bertz CT molecular complexity index is 956. The predicted molar refractivity (Wildman–Crippen MR) is 103 cm³/mol. The molecular weight excluding hydrogens is 396 g/mol. The van der Waals surface area contributed by atoms with E-state index in [4.69, 9.17) is 0 Å². The van der Waals surface area contributed by atoms with Crippen LogP contribution in [-0.4, -0.2) is 44.8 Å². The highest BCUT2D eigenvalue weighted by Crippen LogP contribution is 2.22. The normalized spacial score (nSPS) is 17.5. The highest BCUT2D eigenvalue weighted by molar-refractivity contribution is 9.10. The first kappa shape index (κ1) is 17.0. The first-order chi connectivity index (χ1) is 12.6. The van der Waals surface area contributed by atoms with Crippen LogP contribution in [0, 0.1) is 0 Å². The summed E-state index contributed by atoms with van der Waals surface area (Å²) in [4.78, 5) is 23.8. The summed E-state index contributed by atoms with van der Waals surface area (Å²) in [5.41, 5.74) is 1.48. The Morgan fingerprint density at radius 1 is 1.35 bits per heavy atom. The Morgan fingerprint density at radius 2 is 2.23 bits per heavy atom. The van der Waals surface area contributed by atoms with Crippen LogP contribution in [0.15, 0.2) is 41.1 Å². The lowest BCUT2D eigenvalue weighted by Gasteiger charge is -2.33. The van der Waals surface area contributed by atoms with Crippen molar-refractivity contribution in [3.8, 4) is 0 Å². The lowest BCUT2D eigenvalue weighted by molar-refractivity contribution is 0.0923. The summed E-state index contributed by atoms with van der Waals surface area (Å²) < 4.78 is 2.60. The second-order valence-electron chi connectivity index (χ2n) is 6.47. The summed E-state index contributed by atoms with van der Waals surface area (Å²) in [7, 11) is 1.77. The van der Waals surface area contributed by atoms with E-state index in [1.807, 2.05) is 24.4 Å². The van der Waals surface area contributed by atoms with Crippen molar-refractivity contribution < 1.29 is 4.79 Å². The van der Waals surface area contributed by atoms with Gasteiger partial charge >= 0.3 is 0 Å². The van der Waals surface area contributed by atoms with Gasteiger partial charge in [-0.2, -0.15) is 5.10 Å². The first-order valence-corrected chi connectivity index (χ1v) is 9.35. The molecule has 7 nitrogen and oxygen atoms in total. The molecule has 0 spiro atoms. The van der Waals surface area contributed by atoms with Crippen molar-refractivity contribution in [3.05, 3.63) is 46.8 Å². The molecule has 26 heavy (non-hydrogen) atoms. The molecule has 0 bridgehead atoms. The van der Waals surface area contributed by atoms with Gasteiger partial charge in [-0.25, -0.2) is 9.97 Å². The van der Waals surface area contributed by atoms with Gasteiger partial charge in [-0.1, -0.05) is 15.9 Å². The maximum Gasteiger partial charge on any atom is 0.269 e. The van der Waals surface area contributed by atoms with E-state index in [0.29, 0.717) is 18.2 Å². The molecule has 134 valence electrons. The van der Waals surface area contributed by atoms with Crippen molar-refractivity contribution in [2.24, 2.45) is 7.05 Å². The van der Waals surface area contributed by atoms with Crippen molar-refractivity contribution in [1.29, 1.82) is 0 Å². The van der Waals surface area contributed by atoms with E-state index in [9.17, 15) is 4.79 Å². The fraction of sp³-hybridized carbons (Fsp3) is 0.333. The molecule has 0 aliphatic carbocycles. The number of hydrogen-bond acceptors (Lipinski definition) is 5. The summed E-state index contributed by atoms with van der Waals surface area (Å²) in [6.45, 7) is 1.59. The van der Waals surface area contributed by atoms with Crippen LogP contribution < -0.4 is 10.2 Å². The molecule has 1 atom stereocenters. The van der Waals surface area contributed by atoms with Gasteiger partial charge in [-0.15, -0.1) is 0 Å². The Balaban J connectivity index is 1.49. The van der Waals surface area contributed by atoms with Gasteiger partial charge in [0.05, 0.1) is 5.52 Å². The molecule has 3 heterocycles. The minimum Gasteiger partial charge on any atom is -0.346 e. The topological polar surface area (TPSA) is 75.9 Å². The molecule has 1 aliphatic heterocycles.